The van der Waals surface area contributed by atoms with Gasteiger partial charge in [0.25, 0.3) is 0 Å². The number of piperidine rings is 1. The number of nitrogens with one attached hydrogen (secondary N) is 1. The molecule has 0 unspecified atom stereocenters. The van der Waals surface area contributed by atoms with E-state index in [-0.39, 0.29) is 25.9 Å². The highest BCUT2D eigenvalue weighted by molar-refractivity contribution is 7.89. The zero-order valence-corrected chi connectivity index (χ0v) is 13.4. The zero-order valence-electron chi connectivity index (χ0n) is 11.8. The molecule has 0 bridgehead atoms. The number of halogens is 2. The maximum Gasteiger partial charge on any atom is 0.243 e. The van der Waals surface area contributed by atoms with Crippen LogP contribution in [0.4, 0.5) is 8.78 Å². The molecule has 0 spiro atoms. The number of rotatable bonds is 4. The molecule has 0 aromatic heterocycles. The van der Waals surface area contributed by atoms with Crippen molar-refractivity contribution < 1.29 is 25.6 Å². The summed E-state index contributed by atoms with van der Waals surface area (Å²) in [5, 5.41) is 0. The molecule has 10 heteroatoms. The molecule has 1 N–H and O–H groups in total. The molecule has 1 fully saturated rings. The Bertz CT molecular complexity index is 757. The molecule has 0 saturated carbocycles. The Morgan fingerprint density at radius 2 is 1.73 bits per heavy atom. The first-order valence-corrected chi connectivity index (χ1v) is 9.85. The molecular weight excluding hydrogens is 338 g/mol. The molecule has 1 aromatic rings. The Labute approximate surface area is 128 Å². The van der Waals surface area contributed by atoms with Crippen LogP contribution in [0.5, 0.6) is 0 Å². The predicted molar refractivity (Wildman–Crippen MR) is 76.1 cm³/mol. The summed E-state index contributed by atoms with van der Waals surface area (Å²) >= 11 is 0. The lowest BCUT2D eigenvalue weighted by molar-refractivity contribution is 0.310. The van der Waals surface area contributed by atoms with E-state index in [2.05, 4.69) is 4.72 Å². The normalized spacial score (nSPS) is 18.5. The first kappa shape index (κ1) is 17.3. The van der Waals surface area contributed by atoms with E-state index < -0.39 is 42.6 Å². The number of sulfonamides is 2. The first-order valence-electron chi connectivity index (χ1n) is 6.52. The van der Waals surface area contributed by atoms with Crippen LogP contribution in [-0.2, 0) is 20.0 Å². The second-order valence-corrected chi connectivity index (χ2v) is 8.80. The van der Waals surface area contributed by atoms with Crippen LogP contribution in [0, 0.1) is 11.6 Å². The van der Waals surface area contributed by atoms with Gasteiger partial charge in [0.1, 0.15) is 16.5 Å². The fourth-order valence-electron chi connectivity index (χ4n) is 2.27. The van der Waals surface area contributed by atoms with Crippen molar-refractivity contribution >= 4 is 20.0 Å². The minimum atomic E-state index is -4.20. The highest BCUT2D eigenvalue weighted by atomic mass is 32.2. The van der Waals surface area contributed by atoms with Gasteiger partial charge in [-0.15, -0.1) is 0 Å². The molecule has 0 radical (unpaired) electrons. The maximum absolute atomic E-state index is 13.6. The summed E-state index contributed by atoms with van der Waals surface area (Å²) in [6.45, 7) is 0.356. The molecular formula is C12H16F2N2O4S2. The number of benzene rings is 1. The average molecular weight is 354 g/mol. The van der Waals surface area contributed by atoms with Crippen molar-refractivity contribution in [1.82, 2.24) is 9.03 Å². The van der Waals surface area contributed by atoms with Crippen molar-refractivity contribution in [2.45, 2.75) is 23.8 Å². The van der Waals surface area contributed by atoms with E-state index in [1.165, 1.54) is 4.31 Å². The lowest BCUT2D eigenvalue weighted by Gasteiger charge is -2.30. The summed E-state index contributed by atoms with van der Waals surface area (Å²) in [6.07, 6.45) is 1.62. The van der Waals surface area contributed by atoms with E-state index in [4.69, 9.17) is 0 Å². The van der Waals surface area contributed by atoms with Crippen LogP contribution in [0.2, 0.25) is 0 Å². The van der Waals surface area contributed by atoms with Crippen LogP contribution in [0.25, 0.3) is 0 Å². The van der Waals surface area contributed by atoms with Crippen molar-refractivity contribution in [2.75, 3.05) is 19.3 Å². The third kappa shape index (κ3) is 4.00. The van der Waals surface area contributed by atoms with Crippen molar-refractivity contribution in [3.05, 3.63) is 29.8 Å². The summed E-state index contributed by atoms with van der Waals surface area (Å²) in [4.78, 5) is -0.752. The van der Waals surface area contributed by atoms with Crippen LogP contribution >= 0.6 is 0 Å². The highest BCUT2D eigenvalue weighted by Gasteiger charge is 2.29. The predicted octanol–water partition coefficient (Wildman–Crippen LogP) is 0.667. The fraction of sp³-hybridized carbons (Fsp3) is 0.500. The van der Waals surface area contributed by atoms with Crippen molar-refractivity contribution in [3.8, 4) is 0 Å². The molecule has 22 heavy (non-hydrogen) atoms. The average Bonchev–Trinajstić information content (AvgIpc) is 2.40. The summed E-state index contributed by atoms with van der Waals surface area (Å²) in [5.41, 5.74) is 0. The molecule has 1 aliphatic rings. The van der Waals surface area contributed by atoms with Crippen molar-refractivity contribution in [3.63, 3.8) is 0 Å². The van der Waals surface area contributed by atoms with Crippen molar-refractivity contribution in [2.24, 2.45) is 0 Å². The molecule has 2 rings (SSSR count). The Kier molecular flexibility index (Phi) is 4.85. The molecule has 1 aromatic carbocycles. The van der Waals surface area contributed by atoms with Gasteiger partial charge < -0.3 is 0 Å². The van der Waals surface area contributed by atoms with E-state index in [1.54, 1.807) is 0 Å². The SMILES string of the molecule is CS(=O)(=O)N1CCC(NS(=O)(=O)c2cc(F)ccc2F)CC1. The molecule has 6 nitrogen and oxygen atoms in total. The van der Waals surface area contributed by atoms with Crippen LogP contribution in [0.3, 0.4) is 0 Å². The Morgan fingerprint density at radius 1 is 1.14 bits per heavy atom. The van der Waals surface area contributed by atoms with Gasteiger partial charge in [-0.05, 0) is 31.0 Å². The van der Waals surface area contributed by atoms with E-state index >= 15 is 0 Å². The summed E-state index contributed by atoms with van der Waals surface area (Å²) in [7, 11) is -7.51. The zero-order chi connectivity index (χ0) is 16.5. The smallest absolute Gasteiger partial charge is 0.213 e. The maximum atomic E-state index is 13.6. The van der Waals surface area contributed by atoms with Gasteiger partial charge in [-0.1, -0.05) is 0 Å². The lowest BCUT2D eigenvalue weighted by atomic mass is 10.1. The minimum Gasteiger partial charge on any atom is -0.213 e. The van der Waals surface area contributed by atoms with Crippen LogP contribution in [-0.4, -0.2) is 46.5 Å². The second-order valence-electron chi connectivity index (χ2n) is 5.13. The minimum absolute atomic E-state index is 0.178. The lowest BCUT2D eigenvalue weighted by Crippen LogP contribution is -2.46. The third-order valence-corrected chi connectivity index (χ3v) is 6.27. The van der Waals surface area contributed by atoms with Crippen LogP contribution in [0.1, 0.15) is 12.8 Å². The number of hydrogen-bond acceptors (Lipinski definition) is 4. The topological polar surface area (TPSA) is 83.6 Å². The molecule has 1 heterocycles. The number of hydrogen-bond donors (Lipinski definition) is 1. The quantitative estimate of drug-likeness (QED) is 0.861. The van der Waals surface area contributed by atoms with Gasteiger partial charge >= 0.3 is 0 Å². The van der Waals surface area contributed by atoms with E-state index in [0.717, 1.165) is 18.4 Å². The molecule has 0 amide bonds. The van der Waals surface area contributed by atoms with Gasteiger partial charge in [-0.2, -0.15) is 0 Å². The molecule has 1 aliphatic heterocycles. The van der Waals surface area contributed by atoms with Gasteiger partial charge in [0.05, 0.1) is 6.26 Å². The van der Waals surface area contributed by atoms with Crippen LogP contribution < -0.4 is 4.72 Å². The van der Waals surface area contributed by atoms with E-state index in [9.17, 15) is 25.6 Å². The van der Waals surface area contributed by atoms with E-state index in [1.807, 2.05) is 0 Å². The monoisotopic (exact) mass is 354 g/mol. The Morgan fingerprint density at radius 3 is 2.27 bits per heavy atom. The highest BCUT2D eigenvalue weighted by Crippen LogP contribution is 2.19. The summed E-state index contributed by atoms with van der Waals surface area (Å²) in [5.74, 6) is -1.89. The van der Waals surface area contributed by atoms with Gasteiger partial charge in [-0.25, -0.2) is 34.6 Å². The van der Waals surface area contributed by atoms with Crippen LogP contribution in [0.15, 0.2) is 23.1 Å². The fourth-order valence-corrected chi connectivity index (χ4v) is 4.54. The summed E-state index contributed by atoms with van der Waals surface area (Å²) in [6, 6.07) is 1.67. The first-order chi connectivity index (χ1) is 10.1. The largest absolute Gasteiger partial charge is 0.243 e. The van der Waals surface area contributed by atoms with Gasteiger partial charge in [-0.3, -0.25) is 0 Å². The Hall–Kier alpha value is -1.10. The van der Waals surface area contributed by atoms with E-state index in [0.29, 0.717) is 6.07 Å². The standard InChI is InChI=1S/C12H16F2N2O4S2/c1-21(17,18)16-6-4-10(5-7-16)15-22(19,20)12-8-9(13)2-3-11(12)14/h2-3,8,10,15H,4-7H2,1H3. The second kappa shape index (κ2) is 6.19. The Balaban J connectivity index is 2.10. The third-order valence-electron chi connectivity index (χ3n) is 3.43. The summed E-state index contributed by atoms with van der Waals surface area (Å²) < 4.78 is 77.2. The molecule has 124 valence electrons. The molecule has 0 atom stereocenters. The van der Waals surface area contributed by atoms with Gasteiger partial charge in [0, 0.05) is 19.1 Å². The molecule has 0 aliphatic carbocycles. The number of nitrogens with zero attached hydrogens (tertiary/aromatic N) is 1. The molecule has 1 saturated heterocycles. The van der Waals surface area contributed by atoms with Gasteiger partial charge in [0.15, 0.2) is 0 Å². The van der Waals surface area contributed by atoms with Gasteiger partial charge in [0.2, 0.25) is 20.0 Å². The van der Waals surface area contributed by atoms with Crippen molar-refractivity contribution in [1.29, 1.82) is 0 Å².